The largest absolute Gasteiger partial charge is 0.377 e. The van der Waals surface area contributed by atoms with Crippen LogP contribution in [0.3, 0.4) is 0 Å². The van der Waals surface area contributed by atoms with E-state index in [4.69, 9.17) is 4.74 Å². The number of rotatable bonds is 1. The van der Waals surface area contributed by atoms with Gasteiger partial charge in [-0.05, 0) is 18.8 Å². The number of hydrogen-bond donors (Lipinski definition) is 0. The highest BCUT2D eigenvalue weighted by molar-refractivity contribution is 5.00. The summed E-state index contributed by atoms with van der Waals surface area (Å²) in [6.07, 6.45) is 2.25. The maximum Gasteiger partial charge on any atom is 0.249 e. The van der Waals surface area contributed by atoms with Gasteiger partial charge < -0.3 is 4.74 Å². The van der Waals surface area contributed by atoms with Crippen molar-refractivity contribution in [3.63, 3.8) is 0 Å². The Kier molecular flexibility index (Phi) is 2.33. The maximum atomic E-state index is 12.8. The maximum absolute atomic E-state index is 12.8. The van der Waals surface area contributed by atoms with Crippen LogP contribution in [0.2, 0.25) is 0 Å². The lowest BCUT2D eigenvalue weighted by Gasteiger charge is -2.51. The molecule has 0 aromatic heterocycles. The van der Waals surface area contributed by atoms with Crippen LogP contribution < -0.4 is 0 Å². The van der Waals surface area contributed by atoms with Gasteiger partial charge in [0.25, 0.3) is 0 Å². The molecule has 14 heavy (non-hydrogen) atoms. The third-order valence-corrected chi connectivity index (χ3v) is 3.57. The quantitative estimate of drug-likeness (QED) is 0.637. The molecule has 82 valence electrons. The average molecular weight is 204 g/mol. The molecule has 0 amide bonds. The molecule has 0 aromatic carbocycles. The summed E-state index contributed by atoms with van der Waals surface area (Å²) in [6, 6.07) is 0. The summed E-state index contributed by atoms with van der Waals surface area (Å²) in [7, 11) is 0. The van der Waals surface area contributed by atoms with Crippen LogP contribution in [-0.4, -0.2) is 18.6 Å². The van der Waals surface area contributed by atoms with Crippen LogP contribution in [0.15, 0.2) is 0 Å². The number of hydrogen-bond acceptors (Lipinski definition) is 1. The minimum absolute atomic E-state index is 0.0464. The topological polar surface area (TPSA) is 9.23 Å². The Labute approximate surface area is 83.8 Å². The fourth-order valence-electron chi connectivity index (χ4n) is 2.74. The number of alkyl halides is 2. The lowest BCUT2D eigenvalue weighted by molar-refractivity contribution is -0.215. The molecular formula is C11H18F2O. The van der Waals surface area contributed by atoms with Gasteiger partial charge in [0.2, 0.25) is 5.92 Å². The smallest absolute Gasteiger partial charge is 0.249 e. The van der Waals surface area contributed by atoms with E-state index in [0.29, 0.717) is 12.5 Å². The number of halogens is 2. The van der Waals surface area contributed by atoms with Crippen LogP contribution in [0.5, 0.6) is 0 Å². The second-order valence-electron chi connectivity index (χ2n) is 5.34. The summed E-state index contributed by atoms with van der Waals surface area (Å²) >= 11 is 0. The van der Waals surface area contributed by atoms with Crippen LogP contribution in [0.1, 0.15) is 39.5 Å². The van der Waals surface area contributed by atoms with E-state index in [9.17, 15) is 8.78 Å². The predicted molar refractivity (Wildman–Crippen MR) is 50.4 cm³/mol. The van der Waals surface area contributed by atoms with Crippen LogP contribution in [-0.2, 0) is 4.74 Å². The molecule has 0 N–H and O–H groups in total. The first kappa shape index (κ1) is 10.3. The van der Waals surface area contributed by atoms with E-state index in [1.54, 1.807) is 0 Å². The summed E-state index contributed by atoms with van der Waals surface area (Å²) in [6.45, 7) is 4.79. The highest BCUT2D eigenvalue weighted by Crippen LogP contribution is 2.56. The fourth-order valence-corrected chi connectivity index (χ4v) is 2.74. The molecule has 1 saturated heterocycles. The Morgan fingerprint density at radius 2 is 1.93 bits per heavy atom. The van der Waals surface area contributed by atoms with Crippen LogP contribution in [0, 0.1) is 11.3 Å². The summed E-state index contributed by atoms with van der Waals surface area (Å²) < 4.78 is 31.2. The second-order valence-corrected chi connectivity index (χ2v) is 5.34. The molecule has 2 rings (SSSR count). The van der Waals surface area contributed by atoms with E-state index >= 15 is 0 Å². The molecule has 1 nitrogen and oxygen atoms in total. The van der Waals surface area contributed by atoms with E-state index in [1.807, 2.05) is 0 Å². The molecule has 1 spiro atoms. The Morgan fingerprint density at radius 1 is 1.29 bits per heavy atom. The minimum Gasteiger partial charge on any atom is -0.377 e. The zero-order valence-corrected chi connectivity index (χ0v) is 8.85. The van der Waals surface area contributed by atoms with Crippen molar-refractivity contribution >= 4 is 0 Å². The van der Waals surface area contributed by atoms with Gasteiger partial charge in [0, 0.05) is 18.3 Å². The van der Waals surface area contributed by atoms with Gasteiger partial charge in [0.05, 0.1) is 12.7 Å². The van der Waals surface area contributed by atoms with Crippen LogP contribution in [0.4, 0.5) is 8.78 Å². The Balaban J connectivity index is 1.86. The average Bonchev–Trinajstić information content (AvgIpc) is 2.01. The van der Waals surface area contributed by atoms with Crippen molar-refractivity contribution in [1.29, 1.82) is 0 Å². The molecule has 1 unspecified atom stereocenters. The van der Waals surface area contributed by atoms with Crippen molar-refractivity contribution < 1.29 is 13.5 Å². The van der Waals surface area contributed by atoms with Gasteiger partial charge in [-0.25, -0.2) is 8.78 Å². The predicted octanol–water partition coefficient (Wildman–Crippen LogP) is 3.24. The van der Waals surface area contributed by atoms with Crippen molar-refractivity contribution in [1.82, 2.24) is 0 Å². The molecular weight excluding hydrogens is 186 g/mol. The lowest BCUT2D eigenvalue weighted by atomic mass is 9.62. The molecule has 2 aliphatic rings. The van der Waals surface area contributed by atoms with Gasteiger partial charge in [0.15, 0.2) is 0 Å². The number of ether oxygens (including phenoxy) is 1. The summed E-state index contributed by atoms with van der Waals surface area (Å²) in [5, 5.41) is 0. The van der Waals surface area contributed by atoms with Crippen molar-refractivity contribution in [2.45, 2.75) is 51.6 Å². The Bertz CT molecular complexity index is 207. The van der Waals surface area contributed by atoms with Gasteiger partial charge in [-0.2, -0.15) is 0 Å². The third-order valence-electron chi connectivity index (χ3n) is 3.57. The molecule has 0 radical (unpaired) electrons. The zero-order chi connectivity index (χ0) is 10.4. The van der Waals surface area contributed by atoms with Gasteiger partial charge in [-0.15, -0.1) is 0 Å². The van der Waals surface area contributed by atoms with E-state index in [-0.39, 0.29) is 24.4 Å². The van der Waals surface area contributed by atoms with Crippen LogP contribution >= 0.6 is 0 Å². The molecule has 0 aromatic rings. The van der Waals surface area contributed by atoms with Gasteiger partial charge in [0.1, 0.15) is 0 Å². The fraction of sp³-hybridized carbons (Fsp3) is 1.00. The summed E-state index contributed by atoms with van der Waals surface area (Å²) in [5.74, 6) is -1.90. The SMILES string of the molecule is CC(C)C1CCC2(CO1)CC(F)(F)C2. The third kappa shape index (κ3) is 1.79. The van der Waals surface area contributed by atoms with E-state index in [1.165, 1.54) is 0 Å². The van der Waals surface area contributed by atoms with E-state index in [0.717, 1.165) is 12.8 Å². The Morgan fingerprint density at radius 3 is 2.29 bits per heavy atom. The Hall–Kier alpha value is -0.180. The van der Waals surface area contributed by atoms with Gasteiger partial charge >= 0.3 is 0 Å². The second kappa shape index (κ2) is 3.16. The van der Waals surface area contributed by atoms with Gasteiger partial charge in [-0.3, -0.25) is 0 Å². The first-order valence-corrected chi connectivity index (χ1v) is 5.42. The summed E-state index contributed by atoms with van der Waals surface area (Å²) in [5.41, 5.74) is -0.172. The summed E-state index contributed by atoms with van der Waals surface area (Å²) in [4.78, 5) is 0. The highest BCUT2D eigenvalue weighted by Gasteiger charge is 2.57. The normalized spacial score (nSPS) is 34.5. The molecule has 1 saturated carbocycles. The van der Waals surface area contributed by atoms with Crippen LogP contribution in [0.25, 0.3) is 0 Å². The molecule has 1 aliphatic heterocycles. The molecule has 2 fully saturated rings. The molecule has 1 heterocycles. The molecule has 1 atom stereocenters. The first-order chi connectivity index (χ1) is 6.43. The van der Waals surface area contributed by atoms with Crippen molar-refractivity contribution in [2.75, 3.05) is 6.61 Å². The monoisotopic (exact) mass is 204 g/mol. The molecule has 1 aliphatic carbocycles. The van der Waals surface area contributed by atoms with Crippen molar-refractivity contribution in [3.05, 3.63) is 0 Å². The van der Waals surface area contributed by atoms with Crippen molar-refractivity contribution in [3.8, 4) is 0 Å². The minimum atomic E-state index is -2.41. The first-order valence-electron chi connectivity index (χ1n) is 5.42. The lowest BCUT2D eigenvalue weighted by Crippen LogP contribution is -2.52. The van der Waals surface area contributed by atoms with Crippen molar-refractivity contribution in [2.24, 2.45) is 11.3 Å². The molecule has 0 bridgehead atoms. The van der Waals surface area contributed by atoms with E-state index < -0.39 is 5.92 Å². The molecule has 3 heteroatoms. The standard InChI is InChI=1S/C11H18F2O/c1-8(2)9-3-4-10(7-14-9)5-11(12,13)6-10/h8-9H,3-7H2,1-2H3. The van der Waals surface area contributed by atoms with E-state index in [2.05, 4.69) is 13.8 Å². The highest BCUT2D eigenvalue weighted by atomic mass is 19.3. The zero-order valence-electron chi connectivity index (χ0n) is 8.85. The van der Waals surface area contributed by atoms with Gasteiger partial charge in [-0.1, -0.05) is 13.8 Å².